The van der Waals surface area contributed by atoms with Crippen molar-refractivity contribution in [2.45, 2.75) is 30.8 Å². The van der Waals surface area contributed by atoms with Gasteiger partial charge in [-0.1, -0.05) is 24.3 Å². The van der Waals surface area contributed by atoms with Crippen LogP contribution >= 0.6 is 0 Å². The first kappa shape index (κ1) is 20.0. The molecule has 1 heterocycles. The highest BCUT2D eigenvalue weighted by Gasteiger charge is 2.42. The van der Waals surface area contributed by atoms with E-state index in [4.69, 9.17) is 4.74 Å². The van der Waals surface area contributed by atoms with Gasteiger partial charge in [0.25, 0.3) is 5.91 Å². The van der Waals surface area contributed by atoms with Crippen molar-refractivity contribution in [1.82, 2.24) is 4.31 Å². The summed E-state index contributed by atoms with van der Waals surface area (Å²) >= 11 is 0. The molecule has 28 heavy (non-hydrogen) atoms. The third-order valence-electron chi connectivity index (χ3n) is 4.80. The molecule has 1 unspecified atom stereocenters. The first-order chi connectivity index (χ1) is 13.0. The molecular weight excluding hydrogens is 380 g/mol. The lowest BCUT2D eigenvalue weighted by molar-refractivity contribution is -0.134. The largest absolute Gasteiger partial charge is 0.445 e. The Morgan fingerprint density at radius 1 is 1.18 bits per heavy atom. The SMILES string of the molecule is Cc1ccc(S(=O)(=O)N(C)C)cc1NC(=O)C1(C)Cc2ccccc2C(=O)O1. The molecule has 0 aromatic heterocycles. The predicted octanol–water partition coefficient (Wildman–Crippen LogP) is 2.36. The number of sulfonamides is 1. The average molecular weight is 402 g/mol. The number of hydrogen-bond donors (Lipinski definition) is 1. The van der Waals surface area contributed by atoms with Crippen LogP contribution in [0.4, 0.5) is 5.69 Å². The van der Waals surface area contributed by atoms with Gasteiger partial charge >= 0.3 is 5.97 Å². The second kappa shape index (κ2) is 7.03. The third-order valence-corrected chi connectivity index (χ3v) is 6.61. The van der Waals surface area contributed by atoms with E-state index in [-0.39, 0.29) is 11.3 Å². The van der Waals surface area contributed by atoms with Crippen LogP contribution in [-0.4, -0.2) is 44.3 Å². The Kier molecular flexibility index (Phi) is 5.03. The Morgan fingerprint density at radius 3 is 2.54 bits per heavy atom. The molecule has 3 rings (SSSR count). The van der Waals surface area contributed by atoms with Crippen LogP contribution in [0.25, 0.3) is 0 Å². The van der Waals surface area contributed by atoms with E-state index in [0.717, 1.165) is 9.87 Å². The Morgan fingerprint density at radius 2 is 1.86 bits per heavy atom. The maximum absolute atomic E-state index is 12.9. The number of carbonyl (C=O) groups excluding carboxylic acids is 2. The van der Waals surface area contributed by atoms with Crippen molar-refractivity contribution >= 4 is 27.6 Å². The Balaban J connectivity index is 1.91. The lowest BCUT2D eigenvalue weighted by Gasteiger charge is -2.33. The summed E-state index contributed by atoms with van der Waals surface area (Å²) in [4.78, 5) is 25.3. The van der Waals surface area contributed by atoms with E-state index in [2.05, 4.69) is 5.32 Å². The lowest BCUT2D eigenvalue weighted by Crippen LogP contribution is -2.49. The molecule has 0 bridgehead atoms. The zero-order valence-corrected chi connectivity index (χ0v) is 17.0. The molecule has 0 aliphatic carbocycles. The standard InChI is InChI=1S/C20H22N2O5S/c1-13-9-10-15(28(25,26)22(3)4)11-17(13)21-19(24)20(2)12-14-7-5-6-8-16(14)18(23)27-20/h5-11H,12H2,1-4H3,(H,21,24). The Labute approximate surface area is 164 Å². The quantitative estimate of drug-likeness (QED) is 0.793. The summed E-state index contributed by atoms with van der Waals surface area (Å²) in [7, 11) is -0.768. The first-order valence-corrected chi connectivity index (χ1v) is 10.1. The molecule has 1 aliphatic rings. The van der Waals surface area contributed by atoms with Gasteiger partial charge in [-0.2, -0.15) is 0 Å². The number of amides is 1. The molecule has 148 valence electrons. The van der Waals surface area contributed by atoms with Crippen molar-refractivity contribution in [3.63, 3.8) is 0 Å². The van der Waals surface area contributed by atoms with Crippen LogP contribution in [0.3, 0.4) is 0 Å². The zero-order chi connectivity index (χ0) is 20.7. The number of fused-ring (bicyclic) bond motifs is 1. The first-order valence-electron chi connectivity index (χ1n) is 8.70. The van der Waals surface area contributed by atoms with E-state index in [1.165, 1.54) is 26.2 Å². The van der Waals surface area contributed by atoms with Gasteiger partial charge in [0, 0.05) is 26.2 Å². The molecular formula is C20H22N2O5S. The van der Waals surface area contributed by atoms with Gasteiger partial charge in [0.15, 0.2) is 5.60 Å². The topological polar surface area (TPSA) is 92.8 Å². The number of nitrogens with zero attached hydrogens (tertiary/aromatic N) is 1. The number of cyclic esters (lactones) is 1. The van der Waals surface area contributed by atoms with Crippen LogP contribution in [0.1, 0.15) is 28.4 Å². The smallest absolute Gasteiger partial charge is 0.339 e. The highest BCUT2D eigenvalue weighted by atomic mass is 32.2. The van der Waals surface area contributed by atoms with E-state index < -0.39 is 27.5 Å². The fourth-order valence-electron chi connectivity index (χ4n) is 3.02. The van der Waals surface area contributed by atoms with Crippen LogP contribution in [0.2, 0.25) is 0 Å². The highest BCUT2D eigenvalue weighted by molar-refractivity contribution is 7.89. The van der Waals surface area contributed by atoms with Gasteiger partial charge in [-0.05, 0) is 43.2 Å². The van der Waals surface area contributed by atoms with E-state index in [1.54, 1.807) is 44.2 Å². The maximum Gasteiger partial charge on any atom is 0.339 e. The minimum absolute atomic E-state index is 0.0644. The van der Waals surface area contributed by atoms with Gasteiger partial charge in [-0.3, -0.25) is 4.79 Å². The van der Waals surface area contributed by atoms with E-state index in [9.17, 15) is 18.0 Å². The number of ether oxygens (including phenoxy) is 1. The van der Waals surface area contributed by atoms with Crippen LogP contribution in [0.5, 0.6) is 0 Å². The van der Waals surface area contributed by atoms with Crippen LogP contribution in [-0.2, 0) is 26.0 Å². The molecule has 1 atom stereocenters. The van der Waals surface area contributed by atoms with Crippen molar-refractivity contribution in [1.29, 1.82) is 0 Å². The molecule has 1 aliphatic heterocycles. The monoisotopic (exact) mass is 402 g/mol. The predicted molar refractivity (Wildman–Crippen MR) is 105 cm³/mol. The summed E-state index contributed by atoms with van der Waals surface area (Å²) in [5, 5.41) is 2.72. The van der Waals surface area contributed by atoms with E-state index in [0.29, 0.717) is 16.8 Å². The van der Waals surface area contributed by atoms with Gasteiger partial charge in [0.1, 0.15) is 0 Å². The van der Waals surface area contributed by atoms with Gasteiger partial charge in [-0.15, -0.1) is 0 Å². The number of nitrogens with one attached hydrogen (secondary N) is 1. The normalized spacial score (nSPS) is 19.1. The van der Waals surface area contributed by atoms with Gasteiger partial charge in [-0.25, -0.2) is 17.5 Å². The molecule has 0 saturated carbocycles. The van der Waals surface area contributed by atoms with Gasteiger partial charge in [0.05, 0.1) is 10.5 Å². The maximum atomic E-state index is 12.9. The molecule has 1 N–H and O–H groups in total. The fraction of sp³-hybridized carbons (Fsp3) is 0.300. The second-order valence-electron chi connectivity index (χ2n) is 7.17. The van der Waals surface area contributed by atoms with E-state index in [1.807, 2.05) is 0 Å². The number of carbonyl (C=O) groups is 2. The Bertz CT molecular complexity index is 1060. The molecule has 0 fully saturated rings. The fourth-order valence-corrected chi connectivity index (χ4v) is 3.95. The van der Waals surface area contributed by atoms with Crippen molar-refractivity contribution in [2.24, 2.45) is 0 Å². The number of hydrogen-bond acceptors (Lipinski definition) is 5. The highest BCUT2D eigenvalue weighted by Crippen LogP contribution is 2.30. The summed E-state index contributed by atoms with van der Waals surface area (Å²) < 4.78 is 31.3. The minimum Gasteiger partial charge on any atom is -0.445 e. The van der Waals surface area contributed by atoms with Gasteiger partial charge < -0.3 is 10.1 Å². The van der Waals surface area contributed by atoms with Crippen molar-refractivity contribution in [3.8, 4) is 0 Å². The molecule has 0 saturated heterocycles. The van der Waals surface area contributed by atoms with E-state index >= 15 is 0 Å². The summed E-state index contributed by atoms with van der Waals surface area (Å²) in [5.41, 5.74) is 0.829. The van der Waals surface area contributed by atoms with Crippen molar-refractivity contribution < 1.29 is 22.7 Å². The summed E-state index contributed by atoms with van der Waals surface area (Å²) in [5.74, 6) is -1.07. The van der Waals surface area contributed by atoms with Crippen molar-refractivity contribution in [2.75, 3.05) is 19.4 Å². The van der Waals surface area contributed by atoms with Crippen LogP contribution in [0, 0.1) is 6.92 Å². The molecule has 2 aromatic rings. The molecule has 0 spiro atoms. The van der Waals surface area contributed by atoms with Crippen LogP contribution < -0.4 is 5.32 Å². The molecule has 0 radical (unpaired) electrons. The third kappa shape index (κ3) is 3.53. The van der Waals surface area contributed by atoms with Crippen LogP contribution in [0.15, 0.2) is 47.4 Å². The minimum atomic E-state index is -3.64. The molecule has 2 aromatic carbocycles. The number of anilines is 1. The lowest BCUT2D eigenvalue weighted by atomic mass is 9.89. The molecule has 8 heteroatoms. The van der Waals surface area contributed by atoms with Crippen molar-refractivity contribution in [3.05, 3.63) is 59.2 Å². The average Bonchev–Trinajstić information content (AvgIpc) is 2.63. The second-order valence-corrected chi connectivity index (χ2v) is 9.32. The Hall–Kier alpha value is -2.71. The number of rotatable bonds is 4. The molecule has 7 nitrogen and oxygen atoms in total. The molecule has 1 amide bonds. The summed E-state index contributed by atoms with van der Waals surface area (Å²) in [6.07, 6.45) is 0.232. The summed E-state index contributed by atoms with van der Waals surface area (Å²) in [6.45, 7) is 3.30. The number of esters is 1. The van der Waals surface area contributed by atoms with Gasteiger partial charge in [0.2, 0.25) is 10.0 Å². The number of aryl methyl sites for hydroxylation is 1. The summed E-state index contributed by atoms with van der Waals surface area (Å²) in [6, 6.07) is 11.5. The zero-order valence-electron chi connectivity index (χ0n) is 16.1. The number of benzene rings is 2.